The average Bonchev–Trinajstić information content (AvgIpc) is 2.44. The van der Waals surface area contributed by atoms with Gasteiger partial charge in [0.15, 0.2) is 0 Å². The molecule has 0 saturated heterocycles. The van der Waals surface area contributed by atoms with E-state index in [2.05, 4.69) is 10.6 Å². The fourth-order valence-corrected chi connectivity index (χ4v) is 1.93. The lowest BCUT2D eigenvalue weighted by Crippen LogP contribution is -2.24. The predicted octanol–water partition coefficient (Wildman–Crippen LogP) is 4.54. The molecule has 0 aliphatic carbocycles. The molecule has 0 aliphatic rings. The second-order valence-corrected chi connectivity index (χ2v) is 4.75. The van der Waals surface area contributed by atoms with E-state index in [9.17, 15) is 4.79 Å². The number of carbonyl (C=O) groups excluding carboxylic acids is 1. The van der Waals surface area contributed by atoms with Gasteiger partial charge in [-0.05, 0) is 42.5 Å². The standard InChI is InChI=1S/C14H12Cl2N2O2/c1-17-14(19)18-10-3-5-11(6-4-10)20-13-7-2-9(15)8-12(13)16/h2-8H,1H3,(H2,17,18,19). The molecule has 0 fully saturated rings. The third kappa shape index (κ3) is 3.79. The third-order valence-corrected chi connectivity index (χ3v) is 2.99. The van der Waals surface area contributed by atoms with E-state index in [0.717, 1.165) is 0 Å². The first-order valence-electron chi connectivity index (χ1n) is 5.80. The van der Waals surface area contributed by atoms with Crippen LogP contribution in [0.25, 0.3) is 0 Å². The average molecular weight is 311 g/mol. The first-order chi connectivity index (χ1) is 9.58. The molecule has 2 N–H and O–H groups in total. The van der Waals surface area contributed by atoms with Crippen molar-refractivity contribution >= 4 is 34.9 Å². The van der Waals surface area contributed by atoms with Gasteiger partial charge in [-0.1, -0.05) is 23.2 Å². The summed E-state index contributed by atoms with van der Waals surface area (Å²) in [7, 11) is 1.55. The largest absolute Gasteiger partial charge is 0.456 e. The SMILES string of the molecule is CNC(=O)Nc1ccc(Oc2ccc(Cl)cc2Cl)cc1. The number of amides is 2. The molecule has 4 nitrogen and oxygen atoms in total. The summed E-state index contributed by atoms with van der Waals surface area (Å²) < 4.78 is 5.63. The Morgan fingerprint density at radius 3 is 2.40 bits per heavy atom. The zero-order valence-electron chi connectivity index (χ0n) is 10.6. The van der Waals surface area contributed by atoms with Gasteiger partial charge in [-0.25, -0.2) is 4.79 Å². The Labute approximate surface area is 126 Å². The van der Waals surface area contributed by atoms with Crippen molar-refractivity contribution in [1.29, 1.82) is 0 Å². The second-order valence-electron chi connectivity index (χ2n) is 3.91. The van der Waals surface area contributed by atoms with Gasteiger partial charge in [-0.3, -0.25) is 0 Å². The number of hydrogen-bond donors (Lipinski definition) is 2. The Kier molecular flexibility index (Phi) is 4.71. The van der Waals surface area contributed by atoms with Gasteiger partial charge in [0.05, 0.1) is 5.02 Å². The van der Waals surface area contributed by atoms with Gasteiger partial charge >= 0.3 is 6.03 Å². The van der Waals surface area contributed by atoms with Crippen LogP contribution in [0.2, 0.25) is 10.0 Å². The topological polar surface area (TPSA) is 50.4 Å². The number of hydrogen-bond acceptors (Lipinski definition) is 2. The minimum Gasteiger partial charge on any atom is -0.456 e. The Morgan fingerprint density at radius 1 is 1.10 bits per heavy atom. The molecule has 0 aromatic heterocycles. The Morgan fingerprint density at radius 2 is 1.80 bits per heavy atom. The first kappa shape index (κ1) is 14.5. The van der Waals surface area contributed by atoms with Crippen LogP contribution in [0, 0.1) is 0 Å². The lowest BCUT2D eigenvalue weighted by atomic mass is 10.3. The monoisotopic (exact) mass is 310 g/mol. The molecule has 2 rings (SSSR count). The number of rotatable bonds is 3. The third-order valence-electron chi connectivity index (χ3n) is 2.46. The van der Waals surface area contributed by atoms with E-state index in [1.54, 1.807) is 49.5 Å². The molecule has 20 heavy (non-hydrogen) atoms. The highest BCUT2D eigenvalue weighted by Crippen LogP contribution is 2.31. The summed E-state index contributed by atoms with van der Waals surface area (Å²) in [6.45, 7) is 0. The fraction of sp³-hybridized carbons (Fsp3) is 0.0714. The zero-order chi connectivity index (χ0) is 14.5. The maximum Gasteiger partial charge on any atom is 0.318 e. The summed E-state index contributed by atoms with van der Waals surface area (Å²) in [5.41, 5.74) is 0.666. The van der Waals surface area contributed by atoms with Crippen molar-refractivity contribution in [3.63, 3.8) is 0 Å². The summed E-state index contributed by atoms with van der Waals surface area (Å²) in [5, 5.41) is 6.11. The highest BCUT2D eigenvalue weighted by molar-refractivity contribution is 6.35. The molecule has 0 bridgehead atoms. The summed E-state index contributed by atoms with van der Waals surface area (Å²) >= 11 is 11.8. The number of ether oxygens (including phenoxy) is 1. The molecule has 0 radical (unpaired) electrons. The van der Waals surface area contributed by atoms with Crippen LogP contribution < -0.4 is 15.4 Å². The van der Waals surface area contributed by atoms with E-state index in [1.165, 1.54) is 0 Å². The normalized spacial score (nSPS) is 9.95. The quantitative estimate of drug-likeness (QED) is 0.874. The van der Waals surface area contributed by atoms with Crippen LogP contribution in [0.15, 0.2) is 42.5 Å². The number of anilines is 1. The first-order valence-corrected chi connectivity index (χ1v) is 6.56. The maximum absolute atomic E-state index is 11.2. The number of carbonyl (C=O) groups is 1. The number of benzene rings is 2. The van der Waals surface area contributed by atoms with Crippen LogP contribution in [0.5, 0.6) is 11.5 Å². The minimum atomic E-state index is -0.278. The maximum atomic E-state index is 11.2. The van der Waals surface area contributed by atoms with Crippen molar-refractivity contribution in [2.75, 3.05) is 12.4 Å². The van der Waals surface area contributed by atoms with Crippen molar-refractivity contribution in [3.8, 4) is 11.5 Å². The molecular formula is C14H12Cl2N2O2. The van der Waals surface area contributed by atoms with Crippen molar-refractivity contribution in [2.45, 2.75) is 0 Å². The van der Waals surface area contributed by atoms with E-state index in [-0.39, 0.29) is 6.03 Å². The van der Waals surface area contributed by atoms with E-state index in [1.807, 2.05) is 0 Å². The molecule has 0 aliphatic heterocycles. The lowest BCUT2D eigenvalue weighted by molar-refractivity contribution is 0.254. The molecule has 0 spiro atoms. The van der Waals surface area contributed by atoms with E-state index in [4.69, 9.17) is 27.9 Å². The number of halogens is 2. The molecule has 0 unspecified atom stereocenters. The van der Waals surface area contributed by atoms with Crippen LogP contribution >= 0.6 is 23.2 Å². The van der Waals surface area contributed by atoms with Crippen LogP contribution in [0.3, 0.4) is 0 Å². The van der Waals surface area contributed by atoms with Crippen LogP contribution in [0.1, 0.15) is 0 Å². The van der Waals surface area contributed by atoms with Crippen LogP contribution in [0.4, 0.5) is 10.5 Å². The van der Waals surface area contributed by atoms with Gasteiger partial charge in [0.2, 0.25) is 0 Å². The van der Waals surface area contributed by atoms with Crippen molar-refractivity contribution in [2.24, 2.45) is 0 Å². The summed E-state index contributed by atoms with van der Waals surface area (Å²) in [6, 6.07) is 11.7. The second kappa shape index (κ2) is 6.50. The van der Waals surface area contributed by atoms with Crippen molar-refractivity contribution in [3.05, 3.63) is 52.5 Å². The molecule has 0 saturated carbocycles. The van der Waals surface area contributed by atoms with Gasteiger partial charge in [0.1, 0.15) is 11.5 Å². The molecule has 2 aromatic rings. The van der Waals surface area contributed by atoms with E-state index < -0.39 is 0 Å². The lowest BCUT2D eigenvalue weighted by Gasteiger charge is -2.09. The highest BCUT2D eigenvalue weighted by atomic mass is 35.5. The van der Waals surface area contributed by atoms with E-state index in [0.29, 0.717) is 27.2 Å². The smallest absolute Gasteiger partial charge is 0.318 e. The fourth-order valence-electron chi connectivity index (χ4n) is 1.48. The Bertz CT molecular complexity index is 615. The molecule has 104 valence electrons. The Balaban J connectivity index is 2.08. The number of urea groups is 1. The zero-order valence-corrected chi connectivity index (χ0v) is 12.1. The van der Waals surface area contributed by atoms with Gasteiger partial charge < -0.3 is 15.4 Å². The van der Waals surface area contributed by atoms with Crippen LogP contribution in [-0.4, -0.2) is 13.1 Å². The highest BCUT2D eigenvalue weighted by Gasteiger charge is 2.04. The van der Waals surface area contributed by atoms with Gasteiger partial charge in [-0.15, -0.1) is 0 Å². The van der Waals surface area contributed by atoms with Crippen molar-refractivity contribution < 1.29 is 9.53 Å². The van der Waals surface area contributed by atoms with Crippen molar-refractivity contribution in [1.82, 2.24) is 5.32 Å². The molecule has 2 aromatic carbocycles. The van der Waals surface area contributed by atoms with Gasteiger partial charge in [0.25, 0.3) is 0 Å². The molecule has 2 amide bonds. The molecular weight excluding hydrogens is 299 g/mol. The van der Waals surface area contributed by atoms with Gasteiger partial charge in [-0.2, -0.15) is 0 Å². The number of nitrogens with one attached hydrogen (secondary N) is 2. The van der Waals surface area contributed by atoms with E-state index >= 15 is 0 Å². The predicted molar refractivity (Wildman–Crippen MR) is 81.1 cm³/mol. The van der Waals surface area contributed by atoms with Crippen LogP contribution in [-0.2, 0) is 0 Å². The summed E-state index contributed by atoms with van der Waals surface area (Å²) in [6.07, 6.45) is 0. The Hall–Kier alpha value is -1.91. The summed E-state index contributed by atoms with van der Waals surface area (Å²) in [5.74, 6) is 1.12. The molecule has 6 heteroatoms. The minimum absolute atomic E-state index is 0.278. The van der Waals surface area contributed by atoms with Gasteiger partial charge in [0, 0.05) is 17.8 Å². The molecule has 0 heterocycles. The molecule has 0 atom stereocenters. The summed E-state index contributed by atoms with van der Waals surface area (Å²) in [4.78, 5) is 11.2.